The molecule has 176 valence electrons. The average Bonchev–Trinajstić information content (AvgIpc) is 3.25. The highest BCUT2D eigenvalue weighted by molar-refractivity contribution is 8.00. The number of ether oxygens (including phenoxy) is 1. The van der Waals surface area contributed by atoms with E-state index < -0.39 is 10.7 Å². The van der Waals surface area contributed by atoms with Gasteiger partial charge in [-0.3, -0.25) is 4.79 Å². The van der Waals surface area contributed by atoms with Crippen molar-refractivity contribution in [3.8, 4) is 0 Å². The Morgan fingerprint density at radius 3 is 2.06 bits per heavy atom. The van der Waals surface area contributed by atoms with Crippen LogP contribution in [-0.4, -0.2) is 25.4 Å². The maximum Gasteiger partial charge on any atom is 0.375 e. The summed E-state index contributed by atoms with van der Waals surface area (Å²) in [5.41, 5.74) is 3.68. The zero-order valence-corrected chi connectivity index (χ0v) is 20.6. The van der Waals surface area contributed by atoms with E-state index in [0.717, 1.165) is 21.7 Å². The molecule has 0 aliphatic carbocycles. The molecule has 0 bridgehead atoms. The topological polar surface area (TPSA) is 59.8 Å². The van der Waals surface area contributed by atoms with E-state index >= 15 is 0 Å². The molecular weight excluding hydrogens is 458 g/mol. The van der Waals surface area contributed by atoms with E-state index in [-0.39, 0.29) is 23.7 Å². The molecule has 3 aromatic carbocycles. The van der Waals surface area contributed by atoms with Crippen molar-refractivity contribution < 1.29 is 18.7 Å². The normalized spacial score (nSPS) is 14.0. The van der Waals surface area contributed by atoms with Crippen LogP contribution in [0.3, 0.4) is 0 Å². The van der Waals surface area contributed by atoms with Crippen molar-refractivity contribution in [1.82, 2.24) is 0 Å². The molecule has 0 spiro atoms. The van der Waals surface area contributed by atoms with E-state index in [1.54, 1.807) is 18.7 Å². The Hall–Kier alpha value is -3.77. The third kappa shape index (κ3) is 3.65. The summed E-state index contributed by atoms with van der Waals surface area (Å²) in [6, 6.07) is 28.2. The number of nitrogens with zero attached hydrogens (tertiary/aromatic N) is 1. The van der Waals surface area contributed by atoms with E-state index in [1.165, 1.54) is 6.92 Å². The maximum atomic E-state index is 13.1. The van der Waals surface area contributed by atoms with Crippen LogP contribution < -0.4 is 4.90 Å². The number of benzene rings is 3. The zero-order chi connectivity index (χ0) is 24.6. The Bertz CT molecular complexity index is 1360. The smallest absolute Gasteiger partial charge is 0.375 e. The molecule has 1 aromatic heterocycles. The third-order valence-electron chi connectivity index (χ3n) is 6.20. The number of anilines is 2. The van der Waals surface area contributed by atoms with Crippen LogP contribution >= 0.6 is 11.8 Å². The van der Waals surface area contributed by atoms with E-state index in [4.69, 9.17) is 9.15 Å². The number of hydrogen-bond acceptors (Lipinski definition) is 6. The minimum Gasteiger partial charge on any atom is -0.460 e. The van der Waals surface area contributed by atoms with Crippen LogP contribution in [0.15, 0.2) is 94.2 Å². The van der Waals surface area contributed by atoms with Gasteiger partial charge in [0.15, 0.2) is 11.5 Å². The highest BCUT2D eigenvalue weighted by Gasteiger charge is 2.48. The van der Waals surface area contributed by atoms with Crippen LogP contribution in [0.5, 0.6) is 0 Å². The Morgan fingerprint density at radius 2 is 1.49 bits per heavy atom. The van der Waals surface area contributed by atoms with Gasteiger partial charge in [-0.15, -0.1) is 0 Å². The molecule has 1 aliphatic rings. The lowest BCUT2D eigenvalue weighted by Crippen LogP contribution is -2.25. The maximum absolute atomic E-state index is 13.1. The molecule has 5 rings (SSSR count). The summed E-state index contributed by atoms with van der Waals surface area (Å²) in [6.45, 7) is 3.37. The number of hydrogen-bond donors (Lipinski definition) is 0. The Balaban J connectivity index is 1.96. The van der Waals surface area contributed by atoms with Gasteiger partial charge in [-0.05, 0) is 37.1 Å². The second kappa shape index (κ2) is 9.12. The van der Waals surface area contributed by atoms with Crippen molar-refractivity contribution >= 4 is 34.9 Å². The summed E-state index contributed by atoms with van der Waals surface area (Å²) in [7, 11) is 1.90. The van der Waals surface area contributed by atoms with Gasteiger partial charge in [0.2, 0.25) is 5.76 Å². The summed E-state index contributed by atoms with van der Waals surface area (Å²) in [5.74, 6) is -0.448. The van der Waals surface area contributed by atoms with Crippen molar-refractivity contribution in [2.24, 2.45) is 0 Å². The second-order valence-corrected chi connectivity index (χ2v) is 9.56. The van der Waals surface area contributed by atoms with Crippen LogP contribution in [0.25, 0.3) is 0 Å². The minimum atomic E-state index is -0.867. The van der Waals surface area contributed by atoms with Crippen molar-refractivity contribution in [1.29, 1.82) is 0 Å². The Morgan fingerprint density at radius 1 is 0.914 bits per heavy atom. The molecule has 5 nitrogen and oxygen atoms in total. The molecule has 0 unspecified atom stereocenters. The number of Topliss-reactive ketones (excluding diaryl/α,β-unsaturated/α-hetero) is 1. The lowest BCUT2D eigenvalue weighted by Gasteiger charge is -2.32. The van der Waals surface area contributed by atoms with E-state index in [1.807, 2.05) is 66.5 Å². The lowest BCUT2D eigenvalue weighted by atomic mass is 9.86. The SMILES string of the molecule is CCOC(=O)c1oc2c(c1C(C)=O)N(C)c1ccccc1SC2(c1ccccc1)c1ccccc1. The van der Waals surface area contributed by atoms with Gasteiger partial charge in [0.1, 0.15) is 4.75 Å². The van der Waals surface area contributed by atoms with Crippen LogP contribution in [-0.2, 0) is 9.48 Å². The molecule has 35 heavy (non-hydrogen) atoms. The molecule has 0 N–H and O–H groups in total. The molecule has 0 amide bonds. The highest BCUT2D eigenvalue weighted by Crippen LogP contribution is 2.60. The van der Waals surface area contributed by atoms with E-state index in [0.29, 0.717) is 11.4 Å². The van der Waals surface area contributed by atoms with Crippen molar-refractivity contribution in [2.45, 2.75) is 23.5 Å². The van der Waals surface area contributed by atoms with Gasteiger partial charge in [0, 0.05) is 11.9 Å². The summed E-state index contributed by atoms with van der Waals surface area (Å²) < 4.78 is 10.9. The first kappa shape index (κ1) is 23.0. The molecule has 2 heterocycles. The first-order valence-corrected chi connectivity index (χ1v) is 12.3. The molecule has 0 radical (unpaired) electrons. The van der Waals surface area contributed by atoms with Gasteiger partial charge in [-0.2, -0.15) is 0 Å². The number of para-hydroxylation sites is 1. The molecule has 1 aliphatic heterocycles. The van der Waals surface area contributed by atoms with Crippen LogP contribution in [0, 0.1) is 0 Å². The van der Waals surface area contributed by atoms with Crippen molar-refractivity contribution in [3.05, 3.63) is 113 Å². The predicted octanol–water partition coefficient (Wildman–Crippen LogP) is 6.82. The number of esters is 1. The number of thioether (sulfide) groups is 1. The van der Waals surface area contributed by atoms with Gasteiger partial charge in [0.25, 0.3) is 0 Å². The van der Waals surface area contributed by atoms with Crippen LogP contribution in [0.1, 0.15) is 51.6 Å². The fraction of sp³-hybridized carbons (Fsp3) is 0.172. The summed E-state index contributed by atoms with van der Waals surface area (Å²) in [5, 5.41) is 0. The number of rotatable bonds is 5. The zero-order valence-electron chi connectivity index (χ0n) is 19.8. The fourth-order valence-electron chi connectivity index (χ4n) is 4.69. The number of carbonyl (C=O) groups excluding carboxylic acids is 2. The first-order valence-electron chi connectivity index (χ1n) is 11.5. The summed E-state index contributed by atoms with van der Waals surface area (Å²) >= 11 is 1.64. The molecule has 0 saturated heterocycles. The highest BCUT2D eigenvalue weighted by atomic mass is 32.2. The number of carbonyl (C=O) groups is 2. The first-order chi connectivity index (χ1) is 17.0. The van der Waals surface area contributed by atoms with Crippen molar-refractivity contribution in [3.63, 3.8) is 0 Å². The number of ketones is 1. The number of fused-ring (bicyclic) bond motifs is 2. The summed E-state index contributed by atoms with van der Waals surface area (Å²) in [4.78, 5) is 29.1. The van der Waals surface area contributed by atoms with Gasteiger partial charge in [0.05, 0.1) is 23.5 Å². The molecule has 6 heteroatoms. The molecule has 0 atom stereocenters. The predicted molar refractivity (Wildman–Crippen MR) is 138 cm³/mol. The fourth-order valence-corrected chi connectivity index (χ4v) is 6.22. The molecule has 0 fully saturated rings. The largest absolute Gasteiger partial charge is 0.460 e. The van der Waals surface area contributed by atoms with Crippen LogP contribution in [0.4, 0.5) is 11.4 Å². The van der Waals surface area contributed by atoms with E-state index in [2.05, 4.69) is 30.3 Å². The standard InChI is InChI=1S/C29H25NO4S/c1-4-33-28(32)26-24(19(2)31)25-27(34-26)29(20-13-7-5-8-14-20,21-15-9-6-10-16-21)35-23-18-12-11-17-22(23)30(25)3/h5-18H,4H2,1-3H3. The van der Waals surface area contributed by atoms with Crippen molar-refractivity contribution in [2.75, 3.05) is 18.6 Å². The van der Waals surface area contributed by atoms with Gasteiger partial charge in [-0.1, -0.05) is 84.6 Å². The lowest BCUT2D eigenvalue weighted by molar-refractivity contribution is 0.0484. The summed E-state index contributed by atoms with van der Waals surface area (Å²) in [6.07, 6.45) is 0. The molecular formula is C29H25NO4S. The van der Waals surface area contributed by atoms with Gasteiger partial charge < -0.3 is 14.1 Å². The Labute approximate surface area is 208 Å². The molecule has 0 saturated carbocycles. The number of furan rings is 1. The van der Waals surface area contributed by atoms with Gasteiger partial charge >= 0.3 is 5.97 Å². The Kier molecular flexibility index (Phi) is 5.99. The minimum absolute atomic E-state index is 0.0626. The average molecular weight is 484 g/mol. The quantitative estimate of drug-likeness (QED) is 0.229. The van der Waals surface area contributed by atoms with Crippen LogP contribution in [0.2, 0.25) is 0 Å². The monoisotopic (exact) mass is 483 g/mol. The van der Waals surface area contributed by atoms with Gasteiger partial charge in [-0.25, -0.2) is 4.79 Å². The second-order valence-electron chi connectivity index (χ2n) is 8.30. The molecule has 4 aromatic rings. The third-order valence-corrected chi connectivity index (χ3v) is 7.73. The van der Waals surface area contributed by atoms with E-state index in [9.17, 15) is 9.59 Å².